The van der Waals surface area contributed by atoms with Gasteiger partial charge in [0.1, 0.15) is 5.82 Å². The Morgan fingerprint density at radius 3 is 2.33 bits per heavy atom. The number of benzene rings is 2. The number of carbonyl (C=O) groups excluding carboxylic acids is 3. The first-order chi connectivity index (χ1) is 14.3. The minimum Gasteiger partial charge on any atom is -0.325 e. The molecule has 0 bridgehead atoms. The summed E-state index contributed by atoms with van der Waals surface area (Å²) in [6.07, 6.45) is 2.51. The van der Waals surface area contributed by atoms with Gasteiger partial charge in [0.05, 0.1) is 10.7 Å². The second-order valence-electron chi connectivity index (χ2n) is 5.90. The molecule has 0 aromatic heterocycles. The van der Waals surface area contributed by atoms with Gasteiger partial charge in [-0.25, -0.2) is 4.39 Å². The maximum atomic E-state index is 12.8. The lowest BCUT2D eigenvalue weighted by Gasteiger charge is -2.10. The second-order valence-corrected chi connectivity index (χ2v) is 6.72. The van der Waals surface area contributed by atoms with Crippen LogP contribution in [0.25, 0.3) is 6.08 Å². The predicted molar refractivity (Wildman–Crippen MR) is 117 cm³/mol. The van der Waals surface area contributed by atoms with E-state index in [0.717, 1.165) is 0 Å². The van der Waals surface area contributed by atoms with Crippen molar-refractivity contribution in [2.75, 3.05) is 5.32 Å². The summed E-state index contributed by atoms with van der Waals surface area (Å²) in [5.74, 6) is -1.79. The first-order valence-corrected chi connectivity index (χ1v) is 9.50. The molecule has 0 atom stereocenters. The van der Waals surface area contributed by atoms with Gasteiger partial charge in [-0.1, -0.05) is 35.9 Å². The van der Waals surface area contributed by atoms with E-state index in [1.807, 2.05) is 0 Å². The molecule has 0 heterocycles. The van der Waals surface area contributed by atoms with E-state index in [9.17, 15) is 18.8 Å². The maximum absolute atomic E-state index is 12.8. The third kappa shape index (κ3) is 8.38. The van der Waals surface area contributed by atoms with Gasteiger partial charge in [-0.05, 0) is 48.1 Å². The highest BCUT2D eigenvalue weighted by Gasteiger charge is 2.09. The predicted octanol–water partition coefficient (Wildman–Crippen LogP) is 2.93. The third-order valence-electron chi connectivity index (χ3n) is 3.58. The van der Waals surface area contributed by atoms with Crippen molar-refractivity contribution < 1.29 is 18.8 Å². The van der Waals surface area contributed by atoms with E-state index in [1.54, 1.807) is 24.3 Å². The Bertz CT molecular complexity index is 967. The van der Waals surface area contributed by atoms with Crippen LogP contribution in [0.3, 0.4) is 0 Å². The number of thiocarbonyl (C=S) groups is 1. The van der Waals surface area contributed by atoms with Gasteiger partial charge >= 0.3 is 0 Å². The van der Waals surface area contributed by atoms with Crippen molar-refractivity contribution in [3.05, 3.63) is 71.0 Å². The molecule has 30 heavy (non-hydrogen) atoms. The standard InChI is InChI=1S/C20H18ClFN4O3S/c21-15-3-1-2-4-16(15)23-17(27)11-12-19(29)25-26-20(30)24-18(28)10-7-13-5-8-14(22)9-6-13/h1-10H,11-12H2,(H,23,27)(H,25,29)(H2,24,26,28,30). The molecule has 0 radical (unpaired) electrons. The molecule has 2 aromatic rings. The van der Waals surface area contributed by atoms with Crippen molar-refractivity contribution in [1.29, 1.82) is 0 Å². The third-order valence-corrected chi connectivity index (χ3v) is 4.11. The highest BCUT2D eigenvalue weighted by Crippen LogP contribution is 2.20. The van der Waals surface area contributed by atoms with E-state index >= 15 is 0 Å². The van der Waals surface area contributed by atoms with Crippen LogP contribution in [-0.4, -0.2) is 22.8 Å². The van der Waals surface area contributed by atoms with Gasteiger partial charge in [0.2, 0.25) is 17.7 Å². The molecule has 0 saturated heterocycles. The van der Waals surface area contributed by atoms with Crippen LogP contribution in [-0.2, 0) is 14.4 Å². The summed E-state index contributed by atoms with van der Waals surface area (Å²) in [7, 11) is 0. The quantitative estimate of drug-likeness (QED) is 0.309. The number of para-hydroxylation sites is 1. The molecule has 0 aliphatic heterocycles. The van der Waals surface area contributed by atoms with Gasteiger partial charge in [-0.3, -0.25) is 30.6 Å². The number of carbonyl (C=O) groups is 3. The van der Waals surface area contributed by atoms with Crippen LogP contribution in [0, 0.1) is 5.82 Å². The van der Waals surface area contributed by atoms with Crippen LogP contribution in [0.4, 0.5) is 10.1 Å². The number of nitrogens with one attached hydrogen (secondary N) is 4. The lowest BCUT2D eigenvalue weighted by atomic mass is 10.2. The first kappa shape index (κ1) is 23.0. The number of hydrazine groups is 1. The topological polar surface area (TPSA) is 99.3 Å². The summed E-state index contributed by atoms with van der Waals surface area (Å²) in [5, 5.41) is 5.20. The summed E-state index contributed by atoms with van der Waals surface area (Å²) in [5.41, 5.74) is 5.74. The highest BCUT2D eigenvalue weighted by molar-refractivity contribution is 7.80. The lowest BCUT2D eigenvalue weighted by Crippen LogP contribution is -2.48. The van der Waals surface area contributed by atoms with E-state index < -0.39 is 11.8 Å². The average molecular weight is 449 g/mol. The number of rotatable bonds is 6. The van der Waals surface area contributed by atoms with Crippen molar-refractivity contribution in [3.8, 4) is 0 Å². The van der Waals surface area contributed by atoms with Gasteiger partial charge in [0.25, 0.3) is 0 Å². The van der Waals surface area contributed by atoms with Crippen LogP contribution < -0.4 is 21.5 Å². The molecule has 10 heteroatoms. The molecule has 2 rings (SSSR count). The zero-order valence-electron chi connectivity index (χ0n) is 15.6. The van der Waals surface area contributed by atoms with Crippen LogP contribution in [0.1, 0.15) is 18.4 Å². The van der Waals surface area contributed by atoms with Crippen molar-refractivity contribution in [1.82, 2.24) is 16.2 Å². The SMILES string of the molecule is O=C(C=Cc1ccc(F)cc1)NC(=S)NNC(=O)CCC(=O)Nc1ccccc1Cl. The Morgan fingerprint density at radius 2 is 1.63 bits per heavy atom. The molecule has 0 spiro atoms. The molecule has 0 unspecified atom stereocenters. The molecule has 7 nitrogen and oxygen atoms in total. The Labute approximate surface area is 182 Å². The summed E-state index contributed by atoms with van der Waals surface area (Å²) in [6.45, 7) is 0. The molecular weight excluding hydrogens is 431 g/mol. The summed E-state index contributed by atoms with van der Waals surface area (Å²) in [6, 6.07) is 12.3. The number of halogens is 2. The fourth-order valence-corrected chi connectivity index (χ4v) is 2.46. The van der Waals surface area contributed by atoms with Gasteiger partial charge in [-0.2, -0.15) is 0 Å². The van der Waals surface area contributed by atoms with Crippen LogP contribution in [0.5, 0.6) is 0 Å². The van der Waals surface area contributed by atoms with E-state index in [2.05, 4.69) is 21.5 Å². The molecule has 0 aliphatic rings. The monoisotopic (exact) mass is 448 g/mol. The maximum Gasteiger partial charge on any atom is 0.250 e. The first-order valence-electron chi connectivity index (χ1n) is 8.71. The summed E-state index contributed by atoms with van der Waals surface area (Å²) >= 11 is 10.8. The smallest absolute Gasteiger partial charge is 0.250 e. The van der Waals surface area contributed by atoms with Crippen molar-refractivity contribution in [2.45, 2.75) is 12.8 Å². The molecule has 0 saturated carbocycles. The molecule has 0 fully saturated rings. The minimum absolute atomic E-state index is 0.0712. The second kappa shape index (κ2) is 11.6. The van der Waals surface area contributed by atoms with E-state index in [-0.39, 0.29) is 29.7 Å². The van der Waals surface area contributed by atoms with Crippen LogP contribution in [0.15, 0.2) is 54.6 Å². The molecule has 0 aliphatic carbocycles. The molecule has 2 aromatic carbocycles. The zero-order chi connectivity index (χ0) is 21.9. The molecular formula is C20H18ClFN4O3S. The van der Waals surface area contributed by atoms with E-state index in [1.165, 1.54) is 36.4 Å². The number of hydrogen-bond acceptors (Lipinski definition) is 4. The molecule has 156 valence electrons. The van der Waals surface area contributed by atoms with Gasteiger partial charge in [-0.15, -0.1) is 0 Å². The Hall–Kier alpha value is -3.30. The molecule has 3 amide bonds. The van der Waals surface area contributed by atoms with E-state index in [0.29, 0.717) is 16.3 Å². The van der Waals surface area contributed by atoms with Crippen LogP contribution >= 0.6 is 23.8 Å². The van der Waals surface area contributed by atoms with Crippen molar-refractivity contribution in [3.63, 3.8) is 0 Å². The fourth-order valence-electron chi connectivity index (χ4n) is 2.12. The lowest BCUT2D eigenvalue weighted by molar-refractivity contribution is -0.124. The zero-order valence-corrected chi connectivity index (χ0v) is 17.1. The average Bonchev–Trinajstić information content (AvgIpc) is 2.72. The number of hydrogen-bond donors (Lipinski definition) is 4. The van der Waals surface area contributed by atoms with Crippen molar-refractivity contribution >= 4 is 58.4 Å². The summed E-state index contributed by atoms with van der Waals surface area (Å²) < 4.78 is 12.8. The summed E-state index contributed by atoms with van der Waals surface area (Å²) in [4.78, 5) is 35.5. The van der Waals surface area contributed by atoms with Gasteiger partial charge in [0, 0.05) is 18.9 Å². The Morgan fingerprint density at radius 1 is 0.967 bits per heavy atom. The highest BCUT2D eigenvalue weighted by atomic mass is 35.5. The van der Waals surface area contributed by atoms with E-state index in [4.69, 9.17) is 23.8 Å². The normalized spacial score (nSPS) is 10.3. The Kier molecular flexibility index (Phi) is 8.92. The number of amides is 3. The molecule has 4 N–H and O–H groups in total. The Balaban J connectivity index is 1.66. The van der Waals surface area contributed by atoms with Gasteiger partial charge in [0.15, 0.2) is 5.11 Å². The van der Waals surface area contributed by atoms with Crippen LogP contribution in [0.2, 0.25) is 5.02 Å². The minimum atomic E-state index is -0.537. The largest absolute Gasteiger partial charge is 0.325 e. The number of anilines is 1. The van der Waals surface area contributed by atoms with Gasteiger partial charge < -0.3 is 5.32 Å². The fraction of sp³-hybridized carbons (Fsp3) is 0.100. The van der Waals surface area contributed by atoms with Crippen molar-refractivity contribution in [2.24, 2.45) is 0 Å².